The largest absolute Gasteiger partial charge is 0.354 e. The van der Waals surface area contributed by atoms with E-state index in [9.17, 15) is 4.79 Å². The minimum atomic E-state index is -0.197. The molecule has 1 fully saturated rings. The van der Waals surface area contributed by atoms with Gasteiger partial charge >= 0.3 is 0 Å². The van der Waals surface area contributed by atoms with Crippen LogP contribution < -0.4 is 10.2 Å². The van der Waals surface area contributed by atoms with Gasteiger partial charge in [0, 0.05) is 32.2 Å². The van der Waals surface area contributed by atoms with Crippen molar-refractivity contribution in [1.29, 1.82) is 0 Å². The molecule has 5 rings (SSSR count). The van der Waals surface area contributed by atoms with Gasteiger partial charge in [0.25, 0.3) is 5.91 Å². The third-order valence-electron chi connectivity index (χ3n) is 5.91. The molecule has 8 nitrogen and oxygen atoms in total. The van der Waals surface area contributed by atoms with Crippen molar-refractivity contribution >= 4 is 39.8 Å². The van der Waals surface area contributed by atoms with E-state index in [-0.39, 0.29) is 11.9 Å². The van der Waals surface area contributed by atoms with Crippen molar-refractivity contribution in [3.63, 3.8) is 0 Å². The van der Waals surface area contributed by atoms with Crippen molar-refractivity contribution in [1.82, 2.24) is 24.6 Å². The fourth-order valence-corrected chi connectivity index (χ4v) is 4.70. The number of nitrogens with one attached hydrogen (secondary N) is 1. The highest BCUT2D eigenvalue weighted by Gasteiger charge is 2.20. The molecule has 4 aromatic rings. The molecular weight excluding hydrogens is 434 g/mol. The minimum absolute atomic E-state index is 0.135. The van der Waals surface area contributed by atoms with Gasteiger partial charge in [0.05, 0.1) is 39.6 Å². The van der Waals surface area contributed by atoms with Crippen LogP contribution in [0.5, 0.6) is 0 Å². The van der Waals surface area contributed by atoms with Crippen LogP contribution in [0.1, 0.15) is 30.2 Å². The molecule has 5 heterocycles. The van der Waals surface area contributed by atoms with Crippen LogP contribution in [0.15, 0.2) is 48.1 Å². The van der Waals surface area contributed by atoms with Crippen LogP contribution in [0.25, 0.3) is 21.6 Å². The summed E-state index contributed by atoms with van der Waals surface area (Å²) in [7, 11) is 2.13. The van der Waals surface area contributed by atoms with Gasteiger partial charge in [0.15, 0.2) is 5.65 Å². The van der Waals surface area contributed by atoms with Gasteiger partial charge < -0.3 is 15.1 Å². The molecule has 9 heteroatoms. The van der Waals surface area contributed by atoms with Crippen molar-refractivity contribution in [3.05, 3.63) is 53.7 Å². The number of anilines is 2. The lowest BCUT2D eigenvalue weighted by atomic mass is 10.1. The Morgan fingerprint density at radius 2 is 1.94 bits per heavy atom. The number of pyridine rings is 2. The van der Waals surface area contributed by atoms with E-state index < -0.39 is 0 Å². The molecule has 1 aliphatic rings. The molecule has 0 unspecified atom stereocenters. The lowest BCUT2D eigenvalue weighted by Gasteiger charge is -2.33. The highest BCUT2D eigenvalue weighted by atomic mass is 32.1. The molecule has 0 radical (unpaired) electrons. The van der Waals surface area contributed by atoms with Crippen LogP contribution in [0.2, 0.25) is 0 Å². The van der Waals surface area contributed by atoms with E-state index in [1.807, 2.05) is 40.4 Å². The zero-order valence-corrected chi connectivity index (χ0v) is 19.8. The Morgan fingerprint density at radius 1 is 1.12 bits per heavy atom. The second-order valence-electron chi connectivity index (χ2n) is 8.60. The van der Waals surface area contributed by atoms with Gasteiger partial charge in [0.1, 0.15) is 5.82 Å². The van der Waals surface area contributed by atoms with Crippen molar-refractivity contribution in [3.8, 4) is 10.6 Å². The van der Waals surface area contributed by atoms with Crippen LogP contribution >= 0.6 is 11.3 Å². The first-order valence-electron chi connectivity index (χ1n) is 11.1. The molecule has 0 spiro atoms. The smallest absolute Gasteiger partial charge is 0.256 e. The van der Waals surface area contributed by atoms with E-state index in [1.165, 1.54) is 0 Å². The summed E-state index contributed by atoms with van der Waals surface area (Å²) in [4.78, 5) is 28.3. The summed E-state index contributed by atoms with van der Waals surface area (Å²) in [6, 6.07) is 9.86. The maximum absolute atomic E-state index is 13.3. The summed E-state index contributed by atoms with van der Waals surface area (Å²) >= 11 is 1.60. The number of amides is 1. The van der Waals surface area contributed by atoms with E-state index in [0.29, 0.717) is 16.9 Å². The standard InChI is InChI=1S/C24H27N7OS/c1-16(2)31-23-19(15-26-31)18(13-20(28-23)21-5-4-12-33-21)24(32)27-17-6-7-22(25-14-17)30-10-8-29(3)9-11-30/h4-7,12-16H,8-11H2,1-3H3,(H,27,32). The maximum atomic E-state index is 13.3. The number of hydrogen-bond acceptors (Lipinski definition) is 7. The third kappa shape index (κ3) is 4.34. The predicted octanol–water partition coefficient (Wildman–Crippen LogP) is 4.14. The Kier molecular flexibility index (Phi) is 5.82. The number of nitrogens with zero attached hydrogens (tertiary/aromatic N) is 6. The average Bonchev–Trinajstić information content (AvgIpc) is 3.50. The number of likely N-dealkylation sites (N-methyl/N-ethyl adjacent to an activating group) is 1. The minimum Gasteiger partial charge on any atom is -0.354 e. The molecule has 0 aromatic carbocycles. The fraction of sp³-hybridized carbons (Fsp3) is 0.333. The van der Waals surface area contributed by atoms with Crippen LogP contribution in [-0.4, -0.2) is 63.8 Å². The van der Waals surface area contributed by atoms with Crippen LogP contribution in [0, 0.1) is 0 Å². The first-order valence-corrected chi connectivity index (χ1v) is 12.0. The Morgan fingerprint density at radius 3 is 2.61 bits per heavy atom. The summed E-state index contributed by atoms with van der Waals surface area (Å²) in [6.07, 6.45) is 3.45. The second kappa shape index (κ2) is 8.92. The van der Waals surface area contributed by atoms with Gasteiger partial charge in [-0.25, -0.2) is 14.6 Å². The van der Waals surface area contributed by atoms with Gasteiger partial charge in [-0.15, -0.1) is 11.3 Å². The SMILES string of the molecule is CC(C)n1ncc2c(C(=O)Nc3ccc(N4CCN(C)CC4)nc3)cc(-c3cccs3)nc21. The van der Waals surface area contributed by atoms with Crippen LogP contribution in [0.4, 0.5) is 11.5 Å². The molecule has 0 atom stereocenters. The molecule has 0 aliphatic carbocycles. The Hall–Kier alpha value is -3.30. The van der Waals surface area contributed by atoms with Gasteiger partial charge in [-0.3, -0.25) is 4.79 Å². The molecule has 1 amide bonds. The molecule has 4 aromatic heterocycles. The molecule has 0 saturated carbocycles. The summed E-state index contributed by atoms with van der Waals surface area (Å²) in [5, 5.41) is 10.2. The summed E-state index contributed by atoms with van der Waals surface area (Å²) < 4.78 is 1.86. The molecule has 1 saturated heterocycles. The lowest BCUT2D eigenvalue weighted by Crippen LogP contribution is -2.44. The van der Waals surface area contributed by atoms with E-state index >= 15 is 0 Å². The zero-order valence-electron chi connectivity index (χ0n) is 19.0. The van der Waals surface area contributed by atoms with Gasteiger partial charge in [-0.2, -0.15) is 5.10 Å². The highest BCUT2D eigenvalue weighted by molar-refractivity contribution is 7.13. The molecular formula is C24H27N7OS. The normalized spacial score (nSPS) is 14.8. The maximum Gasteiger partial charge on any atom is 0.256 e. The van der Waals surface area contributed by atoms with Crippen molar-refractivity contribution in [2.45, 2.75) is 19.9 Å². The van der Waals surface area contributed by atoms with Crippen molar-refractivity contribution in [2.75, 3.05) is 43.4 Å². The summed E-state index contributed by atoms with van der Waals surface area (Å²) in [5.74, 6) is 0.739. The Balaban J connectivity index is 1.43. The third-order valence-corrected chi connectivity index (χ3v) is 6.80. The number of carbonyl (C=O) groups excluding carboxylic acids is 1. The van der Waals surface area contributed by atoms with Crippen molar-refractivity contribution < 1.29 is 4.79 Å². The monoisotopic (exact) mass is 461 g/mol. The topological polar surface area (TPSA) is 79.2 Å². The number of rotatable bonds is 5. The number of hydrogen-bond donors (Lipinski definition) is 1. The number of piperazine rings is 1. The molecule has 0 bridgehead atoms. The van der Waals surface area contributed by atoms with Gasteiger partial charge in [-0.1, -0.05) is 6.07 Å². The first-order chi connectivity index (χ1) is 16.0. The van der Waals surface area contributed by atoms with E-state index in [4.69, 9.17) is 4.98 Å². The zero-order chi connectivity index (χ0) is 22.9. The Bertz CT molecular complexity index is 1260. The predicted molar refractivity (Wildman–Crippen MR) is 133 cm³/mol. The molecule has 1 aliphatic heterocycles. The number of fused-ring (bicyclic) bond motifs is 1. The average molecular weight is 462 g/mol. The summed E-state index contributed by atoms with van der Waals surface area (Å²) in [5.41, 5.74) is 2.70. The quantitative estimate of drug-likeness (QED) is 0.481. The fourth-order valence-electron chi connectivity index (χ4n) is 4.02. The summed E-state index contributed by atoms with van der Waals surface area (Å²) in [6.45, 7) is 8.06. The highest BCUT2D eigenvalue weighted by Crippen LogP contribution is 2.29. The molecule has 1 N–H and O–H groups in total. The molecule has 170 valence electrons. The van der Waals surface area contributed by atoms with Crippen LogP contribution in [0.3, 0.4) is 0 Å². The first kappa shape index (κ1) is 21.5. The number of aromatic nitrogens is 4. The van der Waals surface area contributed by atoms with Crippen molar-refractivity contribution in [2.24, 2.45) is 0 Å². The van der Waals surface area contributed by atoms with Gasteiger partial charge in [-0.05, 0) is 50.5 Å². The molecule has 33 heavy (non-hydrogen) atoms. The number of carbonyl (C=O) groups is 1. The lowest BCUT2D eigenvalue weighted by molar-refractivity contribution is 0.102. The second-order valence-corrected chi connectivity index (χ2v) is 9.55. The van der Waals surface area contributed by atoms with E-state index in [0.717, 1.165) is 48.0 Å². The van der Waals surface area contributed by atoms with E-state index in [2.05, 4.69) is 46.1 Å². The van der Waals surface area contributed by atoms with Gasteiger partial charge in [0.2, 0.25) is 0 Å². The van der Waals surface area contributed by atoms with E-state index in [1.54, 1.807) is 23.7 Å². The number of thiophene rings is 1. The van der Waals surface area contributed by atoms with Crippen LogP contribution in [-0.2, 0) is 0 Å². The Labute approximate surface area is 196 Å².